The second kappa shape index (κ2) is 2.88. The van der Waals surface area contributed by atoms with Gasteiger partial charge in [-0.25, -0.2) is 0 Å². The molecular weight excluding hydrogens is 133 g/mol. The van der Waals surface area contributed by atoms with Gasteiger partial charge in [-0.15, -0.1) is 0 Å². The molecule has 0 saturated carbocycles. The third kappa shape index (κ3) is 1.18. The van der Waals surface area contributed by atoms with Crippen molar-refractivity contribution in [3.8, 4) is 0 Å². The van der Waals surface area contributed by atoms with Gasteiger partial charge in [0, 0.05) is 0 Å². The maximum Gasteiger partial charge on any atom is 0.142 e. The highest BCUT2D eigenvalue weighted by atomic mass is 16.5. The van der Waals surface area contributed by atoms with Gasteiger partial charge in [0.05, 0.1) is 30.9 Å². The van der Waals surface area contributed by atoms with Crippen LogP contribution in [0, 0.1) is 0 Å². The van der Waals surface area contributed by atoms with Gasteiger partial charge in [0.2, 0.25) is 0 Å². The van der Waals surface area contributed by atoms with Crippen molar-refractivity contribution >= 4 is 7.85 Å². The molecule has 58 valence electrons. The Balaban J connectivity index is 2.53. The number of aliphatic hydroxyl groups excluding tert-OH is 2. The van der Waals surface area contributed by atoms with Gasteiger partial charge in [-0.05, 0) is 0 Å². The first-order chi connectivity index (χ1) is 4.66. The largest absolute Gasteiger partial charge is 0.394 e. The van der Waals surface area contributed by atoms with E-state index in [9.17, 15) is 5.11 Å². The van der Waals surface area contributed by atoms with E-state index < -0.39 is 18.2 Å². The van der Waals surface area contributed by atoms with Crippen LogP contribution in [0.3, 0.4) is 0 Å². The molecule has 1 rings (SSSR count). The molecule has 0 spiro atoms. The van der Waals surface area contributed by atoms with Gasteiger partial charge in [0.15, 0.2) is 0 Å². The first-order valence-electron chi connectivity index (χ1n) is 3.36. The smallest absolute Gasteiger partial charge is 0.142 e. The standard InChI is InChI=1S/C5H12BNO3/c6-5-4(9)3(7)2(1-8)10-5/h2-5,8-9H,1,6-7H2/t2-,3?,4+,5-/m1/s1. The highest BCUT2D eigenvalue weighted by Crippen LogP contribution is 2.16. The molecule has 1 unspecified atom stereocenters. The molecule has 0 aromatic rings. The van der Waals surface area contributed by atoms with Crippen molar-refractivity contribution in [2.24, 2.45) is 5.73 Å². The summed E-state index contributed by atoms with van der Waals surface area (Å²) in [4.78, 5) is 0. The zero-order valence-electron chi connectivity index (χ0n) is 5.90. The van der Waals surface area contributed by atoms with Gasteiger partial charge in [-0.2, -0.15) is 0 Å². The Labute approximate surface area is 60.4 Å². The first-order valence-corrected chi connectivity index (χ1v) is 3.36. The van der Waals surface area contributed by atoms with Gasteiger partial charge in [-0.3, -0.25) is 0 Å². The van der Waals surface area contributed by atoms with E-state index in [1.807, 2.05) is 0 Å². The Hall–Kier alpha value is -0.0951. The number of ether oxygens (including phenoxy) is 1. The minimum atomic E-state index is -0.642. The predicted molar refractivity (Wildman–Crippen MR) is 38.3 cm³/mol. The van der Waals surface area contributed by atoms with E-state index in [1.54, 1.807) is 7.85 Å². The molecule has 10 heavy (non-hydrogen) atoms. The molecule has 0 amide bonds. The van der Waals surface area contributed by atoms with E-state index >= 15 is 0 Å². The number of hydrogen-bond donors (Lipinski definition) is 3. The summed E-state index contributed by atoms with van der Waals surface area (Å²) in [5.74, 6) is 0. The summed E-state index contributed by atoms with van der Waals surface area (Å²) in [5, 5.41) is 17.9. The lowest BCUT2D eigenvalue weighted by Crippen LogP contribution is -2.41. The molecule has 1 aliphatic rings. The topological polar surface area (TPSA) is 75.7 Å². The second-order valence-electron chi connectivity index (χ2n) is 2.63. The average molecular weight is 145 g/mol. The normalized spacial score (nSPS) is 47.9. The van der Waals surface area contributed by atoms with Gasteiger partial charge in [0.1, 0.15) is 7.85 Å². The van der Waals surface area contributed by atoms with Crippen LogP contribution in [-0.4, -0.2) is 48.9 Å². The van der Waals surface area contributed by atoms with Gasteiger partial charge < -0.3 is 20.7 Å². The van der Waals surface area contributed by atoms with Crippen LogP contribution in [0.1, 0.15) is 0 Å². The summed E-state index contributed by atoms with van der Waals surface area (Å²) in [7, 11) is 1.74. The summed E-state index contributed by atoms with van der Waals surface area (Å²) < 4.78 is 5.11. The van der Waals surface area contributed by atoms with Crippen LogP contribution >= 0.6 is 0 Å². The van der Waals surface area contributed by atoms with Crippen LogP contribution in [0.4, 0.5) is 0 Å². The Morgan fingerprint density at radius 2 is 2.20 bits per heavy atom. The van der Waals surface area contributed by atoms with Crippen molar-refractivity contribution < 1.29 is 14.9 Å². The fourth-order valence-corrected chi connectivity index (χ4v) is 1.14. The van der Waals surface area contributed by atoms with Crippen LogP contribution in [0.2, 0.25) is 0 Å². The van der Waals surface area contributed by atoms with Crippen LogP contribution in [0.5, 0.6) is 0 Å². The molecule has 0 aromatic carbocycles. The molecule has 1 heterocycles. The lowest BCUT2D eigenvalue weighted by atomic mass is 9.92. The zero-order valence-corrected chi connectivity index (χ0v) is 5.90. The van der Waals surface area contributed by atoms with E-state index in [1.165, 1.54) is 0 Å². The van der Waals surface area contributed by atoms with Crippen molar-refractivity contribution in [1.82, 2.24) is 0 Å². The van der Waals surface area contributed by atoms with Crippen molar-refractivity contribution in [2.75, 3.05) is 6.61 Å². The molecule has 0 aromatic heterocycles. The maximum absolute atomic E-state index is 9.21. The zero-order chi connectivity index (χ0) is 7.72. The van der Waals surface area contributed by atoms with E-state index in [0.29, 0.717) is 0 Å². The Bertz CT molecular complexity index is 123. The number of hydrogen-bond acceptors (Lipinski definition) is 4. The monoisotopic (exact) mass is 145 g/mol. The minimum Gasteiger partial charge on any atom is -0.394 e. The molecule has 1 saturated heterocycles. The van der Waals surface area contributed by atoms with E-state index in [2.05, 4.69) is 0 Å². The molecule has 4 atom stereocenters. The van der Waals surface area contributed by atoms with Crippen molar-refractivity contribution in [3.63, 3.8) is 0 Å². The minimum absolute atomic E-state index is 0.122. The fraction of sp³-hybridized carbons (Fsp3) is 1.00. The molecule has 1 aliphatic heterocycles. The Kier molecular flexibility index (Phi) is 2.30. The van der Waals surface area contributed by atoms with Crippen LogP contribution < -0.4 is 5.73 Å². The average Bonchev–Trinajstić information content (AvgIpc) is 2.17. The maximum atomic E-state index is 9.21. The highest BCUT2D eigenvalue weighted by Gasteiger charge is 2.37. The first kappa shape index (κ1) is 8.01. The van der Waals surface area contributed by atoms with Crippen LogP contribution in [-0.2, 0) is 4.74 Å². The van der Waals surface area contributed by atoms with Crippen molar-refractivity contribution in [1.29, 1.82) is 0 Å². The molecule has 0 aliphatic carbocycles. The molecule has 4 N–H and O–H groups in total. The second-order valence-corrected chi connectivity index (χ2v) is 2.63. The van der Waals surface area contributed by atoms with E-state index in [0.717, 1.165) is 0 Å². The molecule has 4 nitrogen and oxygen atoms in total. The fourth-order valence-electron chi connectivity index (χ4n) is 1.14. The Morgan fingerprint density at radius 1 is 1.60 bits per heavy atom. The third-order valence-corrected chi connectivity index (χ3v) is 1.87. The molecule has 1 fully saturated rings. The molecule has 5 heteroatoms. The SMILES string of the molecule is B[C@@H]1O[C@H](CO)C(N)[C@@H]1O. The molecular formula is C5H12BNO3. The quantitative estimate of drug-likeness (QED) is 0.344. The van der Waals surface area contributed by atoms with Crippen LogP contribution in [0.25, 0.3) is 0 Å². The van der Waals surface area contributed by atoms with E-state index in [-0.39, 0.29) is 12.6 Å². The van der Waals surface area contributed by atoms with E-state index in [4.69, 9.17) is 15.6 Å². The lowest BCUT2D eigenvalue weighted by Gasteiger charge is -2.11. The summed E-state index contributed by atoms with van der Waals surface area (Å²) in [6.45, 7) is -0.122. The van der Waals surface area contributed by atoms with Gasteiger partial charge >= 0.3 is 0 Å². The number of rotatable bonds is 1. The number of aliphatic hydroxyl groups is 2. The number of nitrogens with two attached hydrogens (primary N) is 1. The molecule has 0 bridgehead atoms. The highest BCUT2D eigenvalue weighted by molar-refractivity contribution is 6.11. The predicted octanol–water partition coefficient (Wildman–Crippen LogP) is -2.98. The third-order valence-electron chi connectivity index (χ3n) is 1.87. The van der Waals surface area contributed by atoms with Gasteiger partial charge in [-0.1, -0.05) is 0 Å². The summed E-state index contributed by atoms with van der Waals surface area (Å²) in [5.41, 5.74) is 5.49. The van der Waals surface area contributed by atoms with Crippen molar-refractivity contribution in [3.05, 3.63) is 0 Å². The lowest BCUT2D eigenvalue weighted by molar-refractivity contribution is 0.0290. The summed E-state index contributed by atoms with van der Waals surface area (Å²) in [6.07, 6.45) is -1.04. The van der Waals surface area contributed by atoms with Crippen LogP contribution in [0.15, 0.2) is 0 Å². The van der Waals surface area contributed by atoms with Crippen molar-refractivity contribution in [2.45, 2.75) is 24.3 Å². The summed E-state index contributed by atoms with van der Waals surface area (Å²) in [6, 6.07) is -0.702. The Morgan fingerprint density at radius 3 is 2.40 bits per heavy atom. The summed E-state index contributed by atoms with van der Waals surface area (Å²) >= 11 is 0. The van der Waals surface area contributed by atoms with Gasteiger partial charge in [0.25, 0.3) is 0 Å². The molecule has 0 radical (unpaired) electrons.